The van der Waals surface area contributed by atoms with Crippen molar-refractivity contribution >= 4 is 11.4 Å². The topological polar surface area (TPSA) is 50.1 Å². The van der Waals surface area contributed by atoms with Crippen molar-refractivity contribution in [3.05, 3.63) is 23.5 Å². The zero-order valence-corrected chi connectivity index (χ0v) is 9.52. The van der Waals surface area contributed by atoms with Gasteiger partial charge in [-0.15, -0.1) is 0 Å². The third-order valence-electron chi connectivity index (χ3n) is 3.03. The van der Waals surface area contributed by atoms with Crippen LogP contribution >= 0.6 is 0 Å². The Labute approximate surface area is 95.2 Å². The Morgan fingerprint density at radius 1 is 1.38 bits per heavy atom. The van der Waals surface area contributed by atoms with Crippen LogP contribution in [-0.4, -0.2) is 19.1 Å². The Morgan fingerprint density at radius 2 is 2.06 bits per heavy atom. The largest absolute Gasteiger partial charge is 0.397 e. The second-order valence-corrected chi connectivity index (χ2v) is 4.36. The monoisotopic (exact) mass is 223 g/mol. The predicted molar refractivity (Wildman–Crippen MR) is 65.1 cm³/mol. The highest BCUT2D eigenvalue weighted by Gasteiger charge is 2.14. The van der Waals surface area contributed by atoms with Gasteiger partial charge in [0.1, 0.15) is 5.82 Å². The van der Waals surface area contributed by atoms with Gasteiger partial charge in [-0.3, -0.25) is 0 Å². The number of rotatable bonds is 2. The summed E-state index contributed by atoms with van der Waals surface area (Å²) in [6.07, 6.45) is 2.16. The van der Waals surface area contributed by atoms with E-state index in [4.69, 9.17) is 5.73 Å². The standard InChI is InChI=1S/C12H18FN3/c1-8-6-12(11(14)7-10(8)13)16-9-2-4-15-5-3-9/h6-7,9,15-16H,2-5,14H2,1H3. The fourth-order valence-corrected chi connectivity index (χ4v) is 2.01. The summed E-state index contributed by atoms with van der Waals surface area (Å²) >= 11 is 0. The summed E-state index contributed by atoms with van der Waals surface area (Å²) in [5, 5.41) is 6.69. The second kappa shape index (κ2) is 4.70. The van der Waals surface area contributed by atoms with Crippen LogP contribution in [0.1, 0.15) is 18.4 Å². The van der Waals surface area contributed by atoms with E-state index in [9.17, 15) is 4.39 Å². The molecule has 1 aliphatic heterocycles. The van der Waals surface area contributed by atoms with Gasteiger partial charge < -0.3 is 16.4 Å². The van der Waals surface area contributed by atoms with Crippen molar-refractivity contribution in [2.75, 3.05) is 24.1 Å². The lowest BCUT2D eigenvalue weighted by atomic mass is 10.1. The molecule has 0 spiro atoms. The Balaban J connectivity index is 2.11. The second-order valence-electron chi connectivity index (χ2n) is 4.36. The van der Waals surface area contributed by atoms with Crippen LogP contribution in [0.5, 0.6) is 0 Å². The zero-order valence-electron chi connectivity index (χ0n) is 9.52. The Morgan fingerprint density at radius 3 is 2.75 bits per heavy atom. The minimum atomic E-state index is -0.242. The first-order valence-corrected chi connectivity index (χ1v) is 5.69. The van der Waals surface area contributed by atoms with E-state index in [-0.39, 0.29) is 5.82 Å². The summed E-state index contributed by atoms with van der Waals surface area (Å²) in [6.45, 7) is 3.80. The summed E-state index contributed by atoms with van der Waals surface area (Å²) in [5.74, 6) is -0.242. The number of hydrogen-bond acceptors (Lipinski definition) is 3. The molecule has 0 bridgehead atoms. The van der Waals surface area contributed by atoms with Crippen LogP contribution < -0.4 is 16.4 Å². The highest BCUT2D eigenvalue weighted by atomic mass is 19.1. The van der Waals surface area contributed by atoms with Gasteiger partial charge in [-0.05, 0) is 50.6 Å². The number of benzene rings is 1. The zero-order chi connectivity index (χ0) is 11.5. The summed E-state index contributed by atoms with van der Waals surface area (Å²) in [6, 6.07) is 3.61. The van der Waals surface area contributed by atoms with Crippen molar-refractivity contribution in [2.24, 2.45) is 0 Å². The van der Waals surface area contributed by atoms with Crippen molar-refractivity contribution in [2.45, 2.75) is 25.8 Å². The van der Waals surface area contributed by atoms with Crippen LogP contribution in [0.15, 0.2) is 12.1 Å². The molecular formula is C12H18FN3. The van der Waals surface area contributed by atoms with Gasteiger partial charge in [0.15, 0.2) is 0 Å². The van der Waals surface area contributed by atoms with Crippen LogP contribution in [-0.2, 0) is 0 Å². The molecule has 1 fully saturated rings. The van der Waals surface area contributed by atoms with Gasteiger partial charge in [-0.2, -0.15) is 0 Å². The molecule has 0 saturated carbocycles. The van der Waals surface area contributed by atoms with E-state index < -0.39 is 0 Å². The highest BCUT2D eigenvalue weighted by Crippen LogP contribution is 2.24. The molecule has 0 radical (unpaired) electrons. The molecule has 0 aromatic heterocycles. The molecule has 1 saturated heterocycles. The number of nitrogens with two attached hydrogens (primary N) is 1. The van der Waals surface area contributed by atoms with Crippen LogP contribution in [0.2, 0.25) is 0 Å². The Kier molecular flexibility index (Phi) is 3.29. The molecule has 0 unspecified atom stereocenters. The van der Waals surface area contributed by atoms with Crippen LogP contribution in [0.3, 0.4) is 0 Å². The van der Waals surface area contributed by atoms with Crippen molar-refractivity contribution in [1.82, 2.24) is 5.32 Å². The number of anilines is 2. The molecule has 0 atom stereocenters. The SMILES string of the molecule is Cc1cc(NC2CCNCC2)c(N)cc1F. The molecule has 1 aromatic carbocycles. The van der Waals surface area contributed by atoms with E-state index in [1.54, 1.807) is 13.0 Å². The minimum absolute atomic E-state index is 0.242. The molecule has 16 heavy (non-hydrogen) atoms. The van der Waals surface area contributed by atoms with Gasteiger partial charge >= 0.3 is 0 Å². The van der Waals surface area contributed by atoms with Crippen molar-refractivity contribution in [3.8, 4) is 0 Å². The van der Waals surface area contributed by atoms with E-state index in [2.05, 4.69) is 10.6 Å². The number of nitrogens with one attached hydrogen (secondary N) is 2. The maximum atomic E-state index is 13.2. The maximum Gasteiger partial charge on any atom is 0.128 e. The normalized spacial score (nSPS) is 17.4. The minimum Gasteiger partial charge on any atom is -0.397 e. The molecule has 4 heteroatoms. The predicted octanol–water partition coefficient (Wildman–Crippen LogP) is 1.88. The fraction of sp³-hybridized carbons (Fsp3) is 0.500. The molecule has 88 valence electrons. The summed E-state index contributed by atoms with van der Waals surface area (Å²) in [7, 11) is 0. The lowest BCUT2D eigenvalue weighted by molar-refractivity contribution is 0.479. The third-order valence-corrected chi connectivity index (χ3v) is 3.03. The number of aryl methyl sites for hydroxylation is 1. The van der Waals surface area contributed by atoms with E-state index in [0.717, 1.165) is 31.6 Å². The molecule has 1 aromatic rings. The van der Waals surface area contributed by atoms with E-state index in [1.807, 2.05) is 0 Å². The fourth-order valence-electron chi connectivity index (χ4n) is 2.01. The van der Waals surface area contributed by atoms with Gasteiger partial charge in [0, 0.05) is 6.04 Å². The summed E-state index contributed by atoms with van der Waals surface area (Å²) < 4.78 is 13.2. The van der Waals surface area contributed by atoms with Crippen molar-refractivity contribution in [1.29, 1.82) is 0 Å². The van der Waals surface area contributed by atoms with Gasteiger partial charge in [0.25, 0.3) is 0 Å². The number of hydrogen-bond donors (Lipinski definition) is 3. The first-order valence-electron chi connectivity index (χ1n) is 5.69. The average Bonchev–Trinajstić information content (AvgIpc) is 2.27. The van der Waals surface area contributed by atoms with Gasteiger partial charge in [-0.1, -0.05) is 0 Å². The smallest absolute Gasteiger partial charge is 0.128 e. The third kappa shape index (κ3) is 2.44. The lowest BCUT2D eigenvalue weighted by Gasteiger charge is -2.25. The molecule has 4 N–H and O–H groups in total. The first-order chi connectivity index (χ1) is 7.66. The Bertz CT molecular complexity index is 373. The van der Waals surface area contributed by atoms with E-state index in [1.165, 1.54) is 6.07 Å². The van der Waals surface area contributed by atoms with Crippen molar-refractivity contribution < 1.29 is 4.39 Å². The molecule has 3 nitrogen and oxygen atoms in total. The molecule has 1 aliphatic rings. The number of nitrogen functional groups attached to an aromatic ring is 1. The van der Waals surface area contributed by atoms with Crippen molar-refractivity contribution in [3.63, 3.8) is 0 Å². The molecule has 1 heterocycles. The average molecular weight is 223 g/mol. The van der Waals surface area contributed by atoms with Crippen LogP contribution in [0.25, 0.3) is 0 Å². The lowest BCUT2D eigenvalue weighted by Crippen LogP contribution is -2.35. The molecule has 2 rings (SSSR count). The van der Waals surface area contributed by atoms with Gasteiger partial charge in [0.05, 0.1) is 11.4 Å². The van der Waals surface area contributed by atoms with Gasteiger partial charge in [-0.25, -0.2) is 4.39 Å². The van der Waals surface area contributed by atoms with Crippen LogP contribution in [0.4, 0.5) is 15.8 Å². The summed E-state index contributed by atoms with van der Waals surface area (Å²) in [4.78, 5) is 0. The van der Waals surface area contributed by atoms with Gasteiger partial charge in [0.2, 0.25) is 0 Å². The number of piperidine rings is 1. The highest BCUT2D eigenvalue weighted by molar-refractivity contribution is 5.67. The van der Waals surface area contributed by atoms with E-state index >= 15 is 0 Å². The molecule has 0 aliphatic carbocycles. The summed E-state index contributed by atoms with van der Waals surface area (Å²) in [5.41, 5.74) is 7.76. The molecule has 0 amide bonds. The van der Waals surface area contributed by atoms with E-state index in [0.29, 0.717) is 17.3 Å². The maximum absolute atomic E-state index is 13.2. The number of halogens is 1. The quantitative estimate of drug-likeness (QED) is 0.671. The molecular weight excluding hydrogens is 205 g/mol. The first kappa shape index (κ1) is 11.2. The van der Waals surface area contributed by atoms with Crippen LogP contribution in [0, 0.1) is 12.7 Å². The Hall–Kier alpha value is -1.29.